The van der Waals surface area contributed by atoms with Gasteiger partial charge >= 0.3 is 0 Å². The number of nitrogens with zero attached hydrogens (tertiary/aromatic N) is 4. The first-order valence-corrected chi connectivity index (χ1v) is 16.4. The van der Waals surface area contributed by atoms with Gasteiger partial charge in [0.15, 0.2) is 5.52 Å². The molecular formula is C33H40N4O3S. The molecule has 0 amide bonds. The third-order valence-corrected chi connectivity index (χ3v) is 11.3. The molecule has 8 heteroatoms. The predicted octanol–water partition coefficient (Wildman–Crippen LogP) is 5.85. The summed E-state index contributed by atoms with van der Waals surface area (Å²) in [4.78, 5) is 2.75. The van der Waals surface area contributed by atoms with Gasteiger partial charge in [0.1, 0.15) is 10.4 Å². The number of likely N-dealkylation sites (tertiary alicyclic amines) is 1. The molecule has 1 saturated heterocycles. The molecule has 0 N–H and O–H groups in total. The van der Waals surface area contributed by atoms with Crippen LogP contribution in [0.5, 0.6) is 0 Å². The monoisotopic (exact) mass is 572 g/mol. The minimum absolute atomic E-state index is 0.148. The Morgan fingerprint density at radius 3 is 2.59 bits per heavy atom. The number of benzene rings is 3. The van der Waals surface area contributed by atoms with Crippen molar-refractivity contribution in [2.75, 3.05) is 33.2 Å². The largest absolute Gasteiger partial charge is 0.303 e. The van der Waals surface area contributed by atoms with Crippen molar-refractivity contribution in [3.8, 4) is 0 Å². The van der Waals surface area contributed by atoms with E-state index in [2.05, 4.69) is 69.8 Å². The Balaban J connectivity index is 1.11. The first-order valence-electron chi connectivity index (χ1n) is 15.0. The van der Waals surface area contributed by atoms with E-state index in [9.17, 15) is 8.42 Å². The molecule has 1 unspecified atom stereocenters. The van der Waals surface area contributed by atoms with E-state index in [0.717, 1.165) is 44.8 Å². The van der Waals surface area contributed by atoms with Gasteiger partial charge < -0.3 is 4.90 Å². The number of fused-ring (bicyclic) bond motifs is 2. The van der Waals surface area contributed by atoms with Crippen molar-refractivity contribution in [3.63, 3.8) is 0 Å². The molecule has 1 aliphatic carbocycles. The Hall–Kier alpha value is -3.07. The quantitative estimate of drug-likeness (QED) is 0.224. The van der Waals surface area contributed by atoms with Gasteiger partial charge in [-0.25, -0.2) is 13.0 Å². The maximum atomic E-state index is 13.8. The van der Waals surface area contributed by atoms with E-state index < -0.39 is 10.0 Å². The van der Waals surface area contributed by atoms with Gasteiger partial charge in [0.25, 0.3) is 0 Å². The molecule has 1 atom stereocenters. The number of hydrogen-bond acceptors (Lipinski definition) is 6. The lowest BCUT2D eigenvalue weighted by molar-refractivity contribution is 0.158. The van der Waals surface area contributed by atoms with Gasteiger partial charge in [0, 0.05) is 19.0 Å². The fourth-order valence-corrected chi connectivity index (χ4v) is 8.44. The van der Waals surface area contributed by atoms with Crippen LogP contribution in [-0.4, -0.2) is 61.2 Å². The van der Waals surface area contributed by atoms with Gasteiger partial charge in [-0.3, -0.25) is 0 Å². The molecule has 0 spiro atoms. The third kappa shape index (κ3) is 5.96. The molecule has 41 heavy (non-hydrogen) atoms. The van der Waals surface area contributed by atoms with Crippen LogP contribution in [0.3, 0.4) is 0 Å². The molecule has 4 aromatic rings. The molecule has 3 aromatic carbocycles. The number of aromatic nitrogens is 2. The summed E-state index contributed by atoms with van der Waals surface area (Å²) in [5.41, 5.74) is 4.60. The molecule has 7 nitrogen and oxygen atoms in total. The van der Waals surface area contributed by atoms with E-state index in [4.69, 9.17) is 4.63 Å². The highest BCUT2D eigenvalue weighted by molar-refractivity contribution is 7.89. The summed E-state index contributed by atoms with van der Waals surface area (Å²) in [6, 6.07) is 24.4. The number of sulfonamides is 1. The topological polar surface area (TPSA) is 79.5 Å². The highest BCUT2D eigenvalue weighted by atomic mass is 32.2. The van der Waals surface area contributed by atoms with Crippen molar-refractivity contribution < 1.29 is 13.0 Å². The molecule has 216 valence electrons. The molecule has 0 saturated carbocycles. The van der Waals surface area contributed by atoms with E-state index in [1.165, 1.54) is 53.1 Å². The van der Waals surface area contributed by atoms with Gasteiger partial charge in [0.2, 0.25) is 10.0 Å². The van der Waals surface area contributed by atoms with Gasteiger partial charge in [-0.05, 0) is 110 Å². The Morgan fingerprint density at radius 1 is 0.976 bits per heavy atom. The van der Waals surface area contributed by atoms with Crippen molar-refractivity contribution >= 4 is 21.1 Å². The van der Waals surface area contributed by atoms with E-state index in [1.807, 2.05) is 0 Å². The summed E-state index contributed by atoms with van der Waals surface area (Å²) in [7, 11) is -2.09. The Kier molecular flexibility index (Phi) is 8.24. The fourth-order valence-electron chi connectivity index (χ4n) is 7.05. The summed E-state index contributed by atoms with van der Waals surface area (Å²) in [6.45, 7) is 3.68. The maximum Gasteiger partial charge on any atom is 0.245 e. The fraction of sp³-hybridized carbons (Fsp3) is 0.455. The van der Waals surface area contributed by atoms with E-state index >= 15 is 0 Å². The lowest BCUT2D eigenvalue weighted by Gasteiger charge is -2.38. The first-order chi connectivity index (χ1) is 19.9. The van der Waals surface area contributed by atoms with E-state index in [-0.39, 0.29) is 15.8 Å². The molecule has 6 rings (SSSR count). The van der Waals surface area contributed by atoms with Crippen molar-refractivity contribution in [1.29, 1.82) is 0 Å². The number of aryl methyl sites for hydroxylation is 2. The summed E-state index contributed by atoms with van der Waals surface area (Å²) in [6.07, 6.45) is 9.11. The van der Waals surface area contributed by atoms with E-state index in [1.54, 1.807) is 25.2 Å². The summed E-state index contributed by atoms with van der Waals surface area (Å²) < 4.78 is 34.0. The van der Waals surface area contributed by atoms with Crippen molar-refractivity contribution in [1.82, 2.24) is 19.5 Å². The first kappa shape index (κ1) is 28.1. The van der Waals surface area contributed by atoms with Crippen LogP contribution in [-0.2, 0) is 28.3 Å². The predicted molar refractivity (Wildman–Crippen MR) is 161 cm³/mol. The molecule has 1 aromatic heterocycles. The SMILES string of the molecule is CN(CC1(CCN2CCC(CCCc3ccccc3)CC2)CCc2ccccc21)S(=O)(=O)c1cccc2nonc12. The summed E-state index contributed by atoms with van der Waals surface area (Å²) in [5, 5.41) is 7.73. The second-order valence-electron chi connectivity index (χ2n) is 12.0. The molecule has 2 heterocycles. The van der Waals surface area contributed by atoms with Crippen LogP contribution in [0.1, 0.15) is 55.2 Å². The van der Waals surface area contributed by atoms with Crippen LogP contribution < -0.4 is 0 Å². The van der Waals surface area contributed by atoms with Crippen LogP contribution >= 0.6 is 0 Å². The lowest BCUT2D eigenvalue weighted by atomic mass is 9.78. The Labute approximate surface area is 243 Å². The number of hydrogen-bond donors (Lipinski definition) is 0. The van der Waals surface area contributed by atoms with Crippen molar-refractivity contribution in [3.05, 3.63) is 89.5 Å². The maximum absolute atomic E-state index is 13.8. The van der Waals surface area contributed by atoms with Gasteiger partial charge in [-0.2, -0.15) is 4.31 Å². The second-order valence-corrected chi connectivity index (χ2v) is 14.0. The van der Waals surface area contributed by atoms with Gasteiger partial charge in [-0.1, -0.05) is 67.1 Å². The number of rotatable bonds is 11. The van der Waals surface area contributed by atoms with Crippen LogP contribution in [0.4, 0.5) is 0 Å². The van der Waals surface area contributed by atoms with E-state index in [0.29, 0.717) is 12.1 Å². The highest BCUT2D eigenvalue weighted by Crippen LogP contribution is 2.43. The molecule has 2 aliphatic rings. The Morgan fingerprint density at radius 2 is 1.76 bits per heavy atom. The minimum atomic E-state index is -3.79. The van der Waals surface area contributed by atoms with Gasteiger partial charge in [0.05, 0.1) is 0 Å². The van der Waals surface area contributed by atoms with Crippen LogP contribution in [0.15, 0.2) is 82.3 Å². The molecular weight excluding hydrogens is 532 g/mol. The van der Waals surface area contributed by atoms with Crippen LogP contribution in [0.2, 0.25) is 0 Å². The minimum Gasteiger partial charge on any atom is -0.303 e. The zero-order valence-corrected chi connectivity index (χ0v) is 24.7. The normalized spacial score (nSPS) is 20.1. The van der Waals surface area contributed by atoms with Crippen LogP contribution in [0.25, 0.3) is 11.0 Å². The molecule has 1 aliphatic heterocycles. The summed E-state index contributed by atoms with van der Waals surface area (Å²) in [5.74, 6) is 0.807. The number of likely N-dealkylation sites (N-methyl/N-ethyl adjacent to an activating group) is 1. The third-order valence-electron chi connectivity index (χ3n) is 9.46. The lowest BCUT2D eigenvalue weighted by Crippen LogP contribution is -2.44. The second kappa shape index (κ2) is 12.0. The average Bonchev–Trinajstić information content (AvgIpc) is 3.63. The zero-order chi connectivity index (χ0) is 28.3. The standard InChI is InChI=1S/C33H40N4O3S/c1-36(41(38,39)31-16-8-15-30-32(31)35-40-34-30)25-33(20-17-28-13-5-6-14-29(28)33)21-24-37-22-18-27(19-23-37)12-7-11-26-9-3-2-4-10-26/h2-6,8-10,13-16,27H,7,11-12,17-25H2,1H3. The molecule has 0 radical (unpaired) electrons. The van der Waals surface area contributed by atoms with Gasteiger partial charge in [-0.15, -0.1) is 0 Å². The highest BCUT2D eigenvalue weighted by Gasteiger charge is 2.42. The van der Waals surface area contributed by atoms with Crippen molar-refractivity contribution in [2.45, 2.75) is 61.7 Å². The smallest absolute Gasteiger partial charge is 0.245 e. The molecule has 1 fully saturated rings. The molecule has 0 bridgehead atoms. The van der Waals surface area contributed by atoms with Crippen LogP contribution in [0, 0.1) is 5.92 Å². The Bertz CT molecular complexity index is 1560. The number of piperidine rings is 1. The zero-order valence-electron chi connectivity index (χ0n) is 23.9. The summed E-state index contributed by atoms with van der Waals surface area (Å²) >= 11 is 0. The van der Waals surface area contributed by atoms with Crippen molar-refractivity contribution in [2.24, 2.45) is 5.92 Å². The average molecular weight is 573 g/mol.